The van der Waals surface area contributed by atoms with Crippen LogP contribution in [-0.2, 0) is 6.67 Å². The highest BCUT2D eigenvalue weighted by Gasteiger charge is 2.48. The first kappa shape index (κ1) is 18.2. The summed E-state index contributed by atoms with van der Waals surface area (Å²) in [6.07, 6.45) is 0. The smallest absolute Gasteiger partial charge is 0.134 e. The number of nitriles is 4. The van der Waals surface area contributed by atoms with Crippen molar-refractivity contribution in [2.45, 2.75) is 25.4 Å². The van der Waals surface area contributed by atoms with Crippen LogP contribution < -0.4 is 0 Å². The molecule has 0 saturated carbocycles. The fourth-order valence-electron chi connectivity index (χ4n) is 4.59. The minimum Gasteiger partial charge on any atom is -0.246 e. The van der Waals surface area contributed by atoms with Gasteiger partial charge < -0.3 is 0 Å². The van der Waals surface area contributed by atoms with Crippen LogP contribution in [0.25, 0.3) is 11.1 Å². The van der Waals surface area contributed by atoms with Crippen molar-refractivity contribution < 1.29 is 4.39 Å². The molecule has 29 heavy (non-hydrogen) atoms. The van der Waals surface area contributed by atoms with Crippen LogP contribution in [0.4, 0.5) is 4.39 Å². The van der Waals surface area contributed by atoms with Crippen molar-refractivity contribution >= 4 is 11.1 Å². The van der Waals surface area contributed by atoms with Crippen LogP contribution in [0.5, 0.6) is 0 Å². The Morgan fingerprint density at radius 1 is 0.793 bits per heavy atom. The van der Waals surface area contributed by atoms with Crippen LogP contribution >= 0.6 is 0 Å². The first-order valence-electron chi connectivity index (χ1n) is 8.98. The summed E-state index contributed by atoms with van der Waals surface area (Å²) < 4.78 is 13.4. The number of fused-ring (bicyclic) bond motifs is 5. The van der Waals surface area contributed by atoms with E-state index in [1.807, 2.05) is 49.4 Å². The summed E-state index contributed by atoms with van der Waals surface area (Å²) in [6, 6.07) is 18.8. The Balaban J connectivity index is 2.18. The van der Waals surface area contributed by atoms with Crippen LogP contribution in [0.1, 0.15) is 45.2 Å². The highest BCUT2D eigenvalue weighted by atomic mass is 19.1. The van der Waals surface area contributed by atoms with Gasteiger partial charge in [0.15, 0.2) is 0 Å². The Morgan fingerprint density at radius 3 is 1.76 bits per heavy atom. The molecule has 0 fully saturated rings. The Labute approximate surface area is 167 Å². The first-order chi connectivity index (χ1) is 14.1. The molecule has 2 aliphatic carbocycles. The second kappa shape index (κ2) is 6.76. The Kier molecular flexibility index (Phi) is 4.24. The summed E-state index contributed by atoms with van der Waals surface area (Å²) in [7, 11) is 0. The quantitative estimate of drug-likeness (QED) is 0.657. The molecule has 4 rings (SSSR count). The molecule has 4 nitrogen and oxygen atoms in total. The van der Waals surface area contributed by atoms with Crippen molar-refractivity contribution in [1.29, 1.82) is 21.0 Å². The molecular weight excluding hydrogens is 363 g/mol. The van der Waals surface area contributed by atoms with Gasteiger partial charge in [0.25, 0.3) is 0 Å². The predicted octanol–water partition coefficient (Wildman–Crippen LogP) is 4.96. The monoisotopic (exact) mass is 376 g/mol. The lowest BCUT2D eigenvalue weighted by Crippen LogP contribution is -2.01. The van der Waals surface area contributed by atoms with Gasteiger partial charge >= 0.3 is 0 Å². The Hall–Kier alpha value is -4.19. The molecule has 2 atom stereocenters. The molecule has 0 saturated heterocycles. The molecule has 136 valence electrons. The lowest BCUT2D eigenvalue weighted by atomic mass is 9.86. The van der Waals surface area contributed by atoms with E-state index in [4.69, 9.17) is 0 Å². The van der Waals surface area contributed by atoms with Crippen molar-refractivity contribution in [3.05, 3.63) is 80.9 Å². The summed E-state index contributed by atoms with van der Waals surface area (Å²) in [4.78, 5) is 0. The Bertz CT molecular complexity index is 1270. The van der Waals surface area contributed by atoms with Gasteiger partial charge in [0.2, 0.25) is 0 Å². The van der Waals surface area contributed by atoms with Gasteiger partial charge in [0.05, 0.1) is 0 Å². The topological polar surface area (TPSA) is 95.2 Å². The second-order valence-corrected chi connectivity index (χ2v) is 7.13. The van der Waals surface area contributed by atoms with Crippen molar-refractivity contribution in [3.8, 4) is 24.3 Å². The summed E-state index contributed by atoms with van der Waals surface area (Å²) in [5, 5.41) is 38.4. The zero-order valence-corrected chi connectivity index (χ0v) is 15.5. The third-order valence-electron chi connectivity index (χ3n) is 5.67. The van der Waals surface area contributed by atoms with Crippen LogP contribution in [0.3, 0.4) is 0 Å². The van der Waals surface area contributed by atoms with Crippen molar-refractivity contribution in [3.63, 3.8) is 0 Å². The zero-order chi connectivity index (χ0) is 20.7. The maximum atomic E-state index is 13.4. The number of hydrogen-bond acceptors (Lipinski definition) is 4. The number of allylic oxidation sites excluding steroid dienone is 4. The van der Waals surface area contributed by atoms with Gasteiger partial charge in [-0.2, -0.15) is 21.0 Å². The highest BCUT2D eigenvalue weighted by Crippen LogP contribution is 2.63. The van der Waals surface area contributed by atoms with Gasteiger partial charge in [-0.15, -0.1) is 0 Å². The number of aryl methyl sites for hydroxylation is 1. The van der Waals surface area contributed by atoms with Gasteiger partial charge in [-0.05, 0) is 45.9 Å². The average molecular weight is 376 g/mol. The molecule has 2 aliphatic rings. The van der Waals surface area contributed by atoms with Gasteiger partial charge in [0.1, 0.15) is 42.1 Å². The van der Waals surface area contributed by atoms with E-state index in [1.165, 1.54) is 0 Å². The van der Waals surface area contributed by atoms with Gasteiger partial charge in [-0.1, -0.05) is 42.0 Å². The highest BCUT2D eigenvalue weighted by molar-refractivity contribution is 5.98. The number of alkyl halides is 1. The lowest BCUT2D eigenvalue weighted by molar-refractivity contribution is 0.485. The van der Waals surface area contributed by atoms with E-state index in [1.54, 1.807) is 18.2 Å². The fraction of sp³-hybridized carbons (Fsp3) is 0.167. The molecule has 2 aromatic carbocycles. The molecule has 0 radical (unpaired) electrons. The lowest BCUT2D eigenvalue weighted by Gasteiger charge is -2.14. The molecule has 0 bridgehead atoms. The maximum absolute atomic E-state index is 13.4. The van der Waals surface area contributed by atoms with E-state index in [0.29, 0.717) is 22.3 Å². The average Bonchev–Trinajstić information content (AvgIpc) is 3.23. The third-order valence-corrected chi connectivity index (χ3v) is 5.67. The van der Waals surface area contributed by atoms with E-state index >= 15 is 0 Å². The summed E-state index contributed by atoms with van der Waals surface area (Å²) in [6.45, 7) is 1.29. The van der Waals surface area contributed by atoms with E-state index in [0.717, 1.165) is 22.3 Å². The molecule has 0 spiro atoms. The van der Waals surface area contributed by atoms with Crippen LogP contribution in [0, 0.1) is 52.2 Å². The summed E-state index contributed by atoms with van der Waals surface area (Å²) in [5.74, 6) is -0.773. The molecule has 0 amide bonds. The normalized spacial score (nSPS) is 17.9. The van der Waals surface area contributed by atoms with E-state index < -0.39 is 12.6 Å². The maximum Gasteiger partial charge on any atom is 0.134 e. The number of benzene rings is 2. The number of halogens is 1. The predicted molar refractivity (Wildman–Crippen MR) is 104 cm³/mol. The van der Waals surface area contributed by atoms with Crippen molar-refractivity contribution in [2.75, 3.05) is 0 Å². The molecular formula is C24H13FN4. The molecule has 0 aromatic heterocycles. The molecule has 0 N–H and O–H groups in total. The number of hydrogen-bond donors (Lipinski definition) is 0. The molecule has 0 heterocycles. The minimum atomic E-state index is -0.651. The minimum absolute atomic E-state index is 0.00378. The first-order valence-corrected chi connectivity index (χ1v) is 8.98. The van der Waals surface area contributed by atoms with Crippen molar-refractivity contribution in [1.82, 2.24) is 0 Å². The fourth-order valence-corrected chi connectivity index (χ4v) is 4.59. The van der Waals surface area contributed by atoms with Gasteiger partial charge in [-0.25, -0.2) is 4.39 Å². The van der Waals surface area contributed by atoms with E-state index in [2.05, 4.69) is 0 Å². The largest absolute Gasteiger partial charge is 0.246 e. The Morgan fingerprint density at radius 2 is 1.28 bits per heavy atom. The molecule has 2 aromatic rings. The van der Waals surface area contributed by atoms with Crippen LogP contribution in [-0.4, -0.2) is 0 Å². The number of rotatable bonds is 1. The van der Waals surface area contributed by atoms with E-state index in [-0.39, 0.29) is 17.1 Å². The summed E-state index contributed by atoms with van der Waals surface area (Å²) in [5.41, 5.74) is 5.72. The van der Waals surface area contributed by atoms with E-state index in [9.17, 15) is 25.4 Å². The molecule has 2 unspecified atom stereocenters. The molecule has 0 aliphatic heterocycles. The van der Waals surface area contributed by atoms with Crippen LogP contribution in [0.15, 0.2) is 47.5 Å². The third kappa shape index (κ3) is 2.46. The number of nitrogens with zero attached hydrogens (tertiary/aromatic N) is 4. The second-order valence-electron chi connectivity index (χ2n) is 7.13. The SMILES string of the molecule is Cc1ccc2c(c1)C1C(=C(C#N)C#N)c3ccc(CF)cc3C1C2=C(C#N)C#N. The molecule has 5 heteroatoms. The van der Waals surface area contributed by atoms with Crippen LogP contribution in [0.2, 0.25) is 0 Å². The van der Waals surface area contributed by atoms with Crippen molar-refractivity contribution in [2.24, 2.45) is 0 Å². The standard InChI is InChI=1S/C24H13FN4/c1-13-2-4-17-19(6-13)23-22(16(11-28)12-29)18-5-3-14(8-25)7-20(18)24(23)21(17)15(9-26)10-27/h2-7,23-24H,8H2,1H3. The summed E-state index contributed by atoms with van der Waals surface area (Å²) >= 11 is 0. The van der Waals surface area contributed by atoms with Gasteiger partial charge in [-0.3, -0.25) is 0 Å². The zero-order valence-electron chi connectivity index (χ0n) is 15.5. The van der Waals surface area contributed by atoms with Gasteiger partial charge in [0, 0.05) is 11.8 Å².